The van der Waals surface area contributed by atoms with Crippen molar-refractivity contribution in [3.8, 4) is 0 Å². The van der Waals surface area contributed by atoms with Gasteiger partial charge in [0.05, 0.1) is 0 Å². The van der Waals surface area contributed by atoms with Gasteiger partial charge in [-0.3, -0.25) is 4.79 Å². The van der Waals surface area contributed by atoms with Gasteiger partial charge in [-0.25, -0.2) is 0 Å². The molecule has 0 aliphatic heterocycles. The Kier molecular flexibility index (Phi) is 6.50. The first-order valence-electron chi connectivity index (χ1n) is 5.59. The van der Waals surface area contributed by atoms with Crippen LogP contribution in [-0.2, 0) is 4.74 Å². The molecule has 0 aliphatic rings. The van der Waals surface area contributed by atoms with Gasteiger partial charge in [0.1, 0.15) is 0 Å². The Labute approximate surface area is 106 Å². The monoisotopic (exact) mass is 257 g/mol. The van der Waals surface area contributed by atoms with Crippen LogP contribution in [0.15, 0.2) is 12.1 Å². The van der Waals surface area contributed by atoms with Crippen LogP contribution in [-0.4, -0.2) is 35.9 Å². The first kappa shape index (κ1) is 13.9. The zero-order valence-corrected chi connectivity index (χ0v) is 10.5. The maximum absolute atomic E-state index is 11.5. The topological polar surface area (TPSA) is 64.1 Å². The summed E-state index contributed by atoms with van der Waals surface area (Å²) < 4.78 is 5.29. The molecule has 0 unspecified atom stereocenters. The fourth-order valence-corrected chi connectivity index (χ4v) is 1.25. The minimum atomic E-state index is -0.246. The minimum Gasteiger partial charge on any atom is -0.381 e. The van der Waals surface area contributed by atoms with Crippen LogP contribution < -0.4 is 5.32 Å². The number of carbonyl (C=O) groups excluding carboxylic acids is 1. The predicted octanol–water partition coefficient (Wildman–Crippen LogP) is 1.68. The van der Waals surface area contributed by atoms with Crippen LogP contribution in [0.1, 0.15) is 30.3 Å². The van der Waals surface area contributed by atoms with Gasteiger partial charge in [-0.2, -0.15) is 0 Å². The van der Waals surface area contributed by atoms with E-state index in [0.29, 0.717) is 13.2 Å². The maximum Gasteiger partial charge on any atom is 0.271 e. The van der Waals surface area contributed by atoms with E-state index < -0.39 is 0 Å². The van der Waals surface area contributed by atoms with Crippen molar-refractivity contribution in [2.24, 2.45) is 0 Å². The summed E-state index contributed by atoms with van der Waals surface area (Å²) in [7, 11) is 0. The predicted molar refractivity (Wildman–Crippen MR) is 65.1 cm³/mol. The van der Waals surface area contributed by atoms with Crippen molar-refractivity contribution < 1.29 is 9.53 Å². The smallest absolute Gasteiger partial charge is 0.271 e. The zero-order chi connectivity index (χ0) is 12.5. The molecule has 1 rings (SSSR count). The van der Waals surface area contributed by atoms with Gasteiger partial charge in [0.15, 0.2) is 10.8 Å². The Hall–Kier alpha value is -1.20. The normalized spacial score (nSPS) is 10.2. The average Bonchev–Trinajstić information content (AvgIpc) is 2.34. The van der Waals surface area contributed by atoms with Gasteiger partial charge in [0.2, 0.25) is 0 Å². The van der Waals surface area contributed by atoms with Crippen LogP contribution in [0, 0.1) is 0 Å². The number of hydrogen-bond donors (Lipinski definition) is 1. The summed E-state index contributed by atoms with van der Waals surface area (Å²) in [6.07, 6.45) is 1.79. The van der Waals surface area contributed by atoms with E-state index in [0.717, 1.165) is 19.4 Å². The van der Waals surface area contributed by atoms with Crippen molar-refractivity contribution in [1.29, 1.82) is 0 Å². The van der Waals surface area contributed by atoms with Gasteiger partial charge < -0.3 is 10.1 Å². The quantitative estimate of drug-likeness (QED) is 0.755. The molecule has 0 atom stereocenters. The van der Waals surface area contributed by atoms with Crippen molar-refractivity contribution in [2.75, 3.05) is 19.8 Å². The summed E-state index contributed by atoms with van der Waals surface area (Å²) in [6, 6.07) is 3.08. The molecule has 0 radical (unpaired) electrons. The molecule has 0 bridgehead atoms. The van der Waals surface area contributed by atoms with Crippen LogP contribution in [0.25, 0.3) is 0 Å². The molecule has 94 valence electrons. The lowest BCUT2D eigenvalue weighted by Crippen LogP contribution is -2.26. The van der Waals surface area contributed by atoms with Crippen LogP contribution in [0.4, 0.5) is 0 Å². The molecule has 0 spiro atoms. The summed E-state index contributed by atoms with van der Waals surface area (Å²) >= 11 is 5.57. The lowest BCUT2D eigenvalue weighted by atomic mass is 10.3. The summed E-state index contributed by atoms with van der Waals surface area (Å²) in [5.41, 5.74) is 0.267. The van der Waals surface area contributed by atoms with Gasteiger partial charge in [-0.05, 0) is 25.0 Å². The van der Waals surface area contributed by atoms with E-state index in [1.807, 2.05) is 0 Å². The second-order valence-corrected chi connectivity index (χ2v) is 3.85. The molecule has 1 aromatic heterocycles. The summed E-state index contributed by atoms with van der Waals surface area (Å²) in [4.78, 5) is 11.5. The molecule has 1 heterocycles. The number of amides is 1. The molecule has 0 aromatic carbocycles. The van der Waals surface area contributed by atoms with Crippen LogP contribution in [0.2, 0.25) is 5.15 Å². The second-order valence-electron chi connectivity index (χ2n) is 3.46. The molecular formula is C11H16ClN3O2. The van der Waals surface area contributed by atoms with Crippen molar-refractivity contribution in [1.82, 2.24) is 15.5 Å². The lowest BCUT2D eigenvalue weighted by molar-refractivity contribution is 0.0935. The van der Waals surface area contributed by atoms with E-state index in [1.165, 1.54) is 12.1 Å². The molecular weight excluding hydrogens is 242 g/mol. The first-order chi connectivity index (χ1) is 8.24. The molecule has 1 amide bonds. The Morgan fingerprint density at radius 2 is 2.24 bits per heavy atom. The number of ether oxygens (including phenoxy) is 1. The Balaban J connectivity index is 2.19. The van der Waals surface area contributed by atoms with Gasteiger partial charge in [0.25, 0.3) is 5.91 Å². The van der Waals surface area contributed by atoms with Gasteiger partial charge in [0, 0.05) is 19.8 Å². The van der Waals surface area contributed by atoms with Gasteiger partial charge >= 0.3 is 0 Å². The highest BCUT2D eigenvalue weighted by Gasteiger charge is 2.06. The van der Waals surface area contributed by atoms with E-state index in [4.69, 9.17) is 16.3 Å². The van der Waals surface area contributed by atoms with E-state index in [1.54, 1.807) is 0 Å². The number of rotatable bonds is 7. The molecule has 0 fully saturated rings. The molecule has 17 heavy (non-hydrogen) atoms. The Bertz CT molecular complexity index is 343. The number of carbonyl (C=O) groups is 1. The van der Waals surface area contributed by atoms with E-state index in [2.05, 4.69) is 22.4 Å². The molecule has 0 aliphatic carbocycles. The first-order valence-corrected chi connectivity index (χ1v) is 5.97. The van der Waals surface area contributed by atoms with Gasteiger partial charge in [-0.1, -0.05) is 18.5 Å². The number of aromatic nitrogens is 2. The third-order valence-corrected chi connectivity index (χ3v) is 2.17. The number of nitrogens with zero attached hydrogens (tertiary/aromatic N) is 2. The van der Waals surface area contributed by atoms with E-state index >= 15 is 0 Å². The van der Waals surface area contributed by atoms with Crippen molar-refractivity contribution in [3.05, 3.63) is 23.0 Å². The fraction of sp³-hybridized carbons (Fsp3) is 0.545. The number of hydrogen-bond acceptors (Lipinski definition) is 4. The standard InChI is InChI=1S/C11H16ClN3O2/c1-2-7-17-8-3-6-13-11(16)9-4-5-10(12)15-14-9/h4-5H,2-3,6-8H2,1H3,(H,13,16). The molecule has 1 N–H and O–H groups in total. The zero-order valence-electron chi connectivity index (χ0n) is 9.78. The SMILES string of the molecule is CCCOCCCNC(=O)c1ccc(Cl)nn1. The summed E-state index contributed by atoms with van der Waals surface area (Å²) in [6.45, 7) is 4.03. The third-order valence-electron chi connectivity index (χ3n) is 1.96. The van der Waals surface area contributed by atoms with Crippen molar-refractivity contribution in [2.45, 2.75) is 19.8 Å². The second kappa shape index (κ2) is 7.97. The lowest BCUT2D eigenvalue weighted by Gasteiger charge is -2.04. The van der Waals surface area contributed by atoms with Crippen LogP contribution >= 0.6 is 11.6 Å². The largest absolute Gasteiger partial charge is 0.381 e. The Morgan fingerprint density at radius 3 is 2.88 bits per heavy atom. The number of halogens is 1. The Morgan fingerprint density at radius 1 is 1.41 bits per heavy atom. The molecule has 6 heteroatoms. The van der Waals surface area contributed by atoms with E-state index in [9.17, 15) is 4.79 Å². The highest BCUT2D eigenvalue weighted by molar-refractivity contribution is 6.29. The average molecular weight is 258 g/mol. The van der Waals surface area contributed by atoms with Crippen molar-refractivity contribution in [3.63, 3.8) is 0 Å². The van der Waals surface area contributed by atoms with Crippen molar-refractivity contribution >= 4 is 17.5 Å². The minimum absolute atomic E-state index is 0.246. The van der Waals surface area contributed by atoms with Gasteiger partial charge in [-0.15, -0.1) is 10.2 Å². The van der Waals surface area contributed by atoms with E-state index in [-0.39, 0.29) is 16.8 Å². The molecule has 0 saturated heterocycles. The molecule has 1 aromatic rings. The third kappa shape index (κ3) is 5.60. The molecule has 5 nitrogen and oxygen atoms in total. The highest BCUT2D eigenvalue weighted by atomic mass is 35.5. The highest BCUT2D eigenvalue weighted by Crippen LogP contribution is 2.01. The molecule has 0 saturated carbocycles. The fourth-order valence-electron chi connectivity index (χ4n) is 1.15. The van der Waals surface area contributed by atoms with Crippen LogP contribution in [0.5, 0.6) is 0 Å². The summed E-state index contributed by atoms with van der Waals surface area (Å²) in [5, 5.41) is 10.3. The maximum atomic E-state index is 11.5. The van der Waals surface area contributed by atoms with Crippen LogP contribution in [0.3, 0.4) is 0 Å². The summed E-state index contributed by atoms with van der Waals surface area (Å²) in [5.74, 6) is -0.246. The number of nitrogens with one attached hydrogen (secondary N) is 1.